The number of aromatic nitrogens is 3. The first-order chi connectivity index (χ1) is 9.56. The molecule has 0 aliphatic carbocycles. The van der Waals surface area contributed by atoms with Gasteiger partial charge >= 0.3 is 5.97 Å². The largest absolute Gasteiger partial charge is 0.479 e. The maximum atomic E-state index is 11.9. The van der Waals surface area contributed by atoms with Crippen molar-refractivity contribution in [3.63, 3.8) is 0 Å². The van der Waals surface area contributed by atoms with Gasteiger partial charge in [-0.2, -0.15) is 5.10 Å². The zero-order chi connectivity index (χ0) is 14.5. The molecule has 20 heavy (non-hydrogen) atoms. The number of rotatable bonds is 5. The second kappa shape index (κ2) is 5.96. The molecule has 1 unspecified atom stereocenters. The van der Waals surface area contributed by atoms with Crippen LogP contribution in [0.25, 0.3) is 0 Å². The van der Waals surface area contributed by atoms with Gasteiger partial charge in [-0.25, -0.2) is 4.79 Å². The van der Waals surface area contributed by atoms with Crippen molar-refractivity contribution < 1.29 is 14.7 Å². The molecule has 1 amide bonds. The van der Waals surface area contributed by atoms with E-state index >= 15 is 0 Å². The Kier molecular flexibility index (Phi) is 4.09. The predicted octanol–water partition coefficient (Wildman–Crippen LogP) is 0.300. The normalized spacial score (nSPS) is 11.8. The number of carbonyl (C=O) groups excluding carboxylic acids is 1. The van der Waals surface area contributed by atoms with E-state index in [4.69, 9.17) is 0 Å². The number of nitrogens with zero attached hydrogens (tertiary/aromatic N) is 3. The lowest BCUT2D eigenvalue weighted by Gasteiger charge is -2.12. The van der Waals surface area contributed by atoms with Crippen molar-refractivity contribution in [1.82, 2.24) is 20.1 Å². The van der Waals surface area contributed by atoms with Crippen LogP contribution in [0, 0.1) is 0 Å². The van der Waals surface area contributed by atoms with Crippen LogP contribution in [0.2, 0.25) is 0 Å². The van der Waals surface area contributed by atoms with Crippen LogP contribution in [0.5, 0.6) is 0 Å². The average Bonchev–Trinajstić information content (AvgIpc) is 2.83. The number of amides is 1. The van der Waals surface area contributed by atoms with Crippen LogP contribution < -0.4 is 5.32 Å². The average molecular weight is 274 g/mol. The third-order valence-corrected chi connectivity index (χ3v) is 2.72. The van der Waals surface area contributed by atoms with Gasteiger partial charge in [-0.05, 0) is 17.7 Å². The minimum atomic E-state index is -1.12. The van der Waals surface area contributed by atoms with Gasteiger partial charge in [0.05, 0.1) is 12.6 Å². The molecule has 0 bridgehead atoms. The molecule has 2 rings (SSSR count). The number of pyridine rings is 1. The van der Waals surface area contributed by atoms with Crippen LogP contribution in [0.15, 0.2) is 36.9 Å². The van der Waals surface area contributed by atoms with E-state index in [0.717, 1.165) is 5.56 Å². The van der Waals surface area contributed by atoms with Crippen molar-refractivity contribution >= 4 is 11.9 Å². The van der Waals surface area contributed by atoms with Gasteiger partial charge in [0.1, 0.15) is 0 Å². The molecule has 7 heteroatoms. The minimum Gasteiger partial charge on any atom is -0.479 e. The molecular formula is C13H14N4O3. The van der Waals surface area contributed by atoms with Gasteiger partial charge in [-0.1, -0.05) is 0 Å². The SMILES string of the molecule is Cn1cc(C(NC(=O)Cc2ccncc2)C(=O)O)cn1. The number of aryl methyl sites for hydroxylation is 1. The summed E-state index contributed by atoms with van der Waals surface area (Å²) in [5, 5.41) is 15.6. The third-order valence-electron chi connectivity index (χ3n) is 2.72. The Morgan fingerprint density at radius 3 is 2.65 bits per heavy atom. The summed E-state index contributed by atoms with van der Waals surface area (Å²) in [7, 11) is 1.68. The van der Waals surface area contributed by atoms with E-state index in [9.17, 15) is 14.7 Å². The lowest BCUT2D eigenvalue weighted by Crippen LogP contribution is -2.34. The minimum absolute atomic E-state index is 0.104. The predicted molar refractivity (Wildman–Crippen MR) is 69.7 cm³/mol. The van der Waals surface area contributed by atoms with Gasteiger partial charge in [0, 0.05) is 31.2 Å². The van der Waals surface area contributed by atoms with Gasteiger partial charge in [0.15, 0.2) is 6.04 Å². The Bertz CT molecular complexity index is 609. The van der Waals surface area contributed by atoms with Gasteiger partial charge in [-0.15, -0.1) is 0 Å². The molecule has 1 atom stereocenters. The Labute approximate surface area is 115 Å². The number of nitrogens with one attached hydrogen (secondary N) is 1. The zero-order valence-electron chi connectivity index (χ0n) is 10.9. The smallest absolute Gasteiger partial charge is 0.331 e. The molecule has 0 aliphatic rings. The monoisotopic (exact) mass is 274 g/mol. The third kappa shape index (κ3) is 3.41. The molecule has 104 valence electrons. The molecule has 0 saturated carbocycles. The lowest BCUT2D eigenvalue weighted by atomic mass is 10.1. The van der Waals surface area contributed by atoms with Crippen molar-refractivity contribution in [1.29, 1.82) is 0 Å². The van der Waals surface area contributed by atoms with Crippen LogP contribution in [-0.4, -0.2) is 31.7 Å². The van der Waals surface area contributed by atoms with Crippen LogP contribution in [0.3, 0.4) is 0 Å². The molecule has 0 fully saturated rings. The van der Waals surface area contributed by atoms with E-state index in [1.165, 1.54) is 10.9 Å². The van der Waals surface area contributed by atoms with E-state index in [1.54, 1.807) is 37.8 Å². The molecule has 2 aromatic rings. The fourth-order valence-electron chi connectivity index (χ4n) is 1.77. The van der Waals surface area contributed by atoms with Gasteiger partial charge in [-0.3, -0.25) is 14.5 Å². The highest BCUT2D eigenvalue weighted by atomic mass is 16.4. The standard InChI is InChI=1S/C13H14N4O3/c1-17-8-10(7-15-17)12(13(19)20)16-11(18)6-9-2-4-14-5-3-9/h2-5,7-8,12H,6H2,1H3,(H,16,18)(H,19,20). The molecular weight excluding hydrogens is 260 g/mol. The van der Waals surface area contributed by atoms with E-state index in [2.05, 4.69) is 15.4 Å². The van der Waals surface area contributed by atoms with E-state index < -0.39 is 12.0 Å². The number of carboxylic acid groups (broad SMARTS) is 1. The Morgan fingerprint density at radius 1 is 1.40 bits per heavy atom. The second-order valence-corrected chi connectivity index (χ2v) is 4.32. The van der Waals surface area contributed by atoms with Crippen molar-refractivity contribution in [3.05, 3.63) is 48.0 Å². The fraction of sp³-hybridized carbons (Fsp3) is 0.231. The summed E-state index contributed by atoms with van der Waals surface area (Å²) in [4.78, 5) is 27.0. The fourth-order valence-corrected chi connectivity index (χ4v) is 1.77. The Morgan fingerprint density at radius 2 is 2.10 bits per heavy atom. The second-order valence-electron chi connectivity index (χ2n) is 4.32. The van der Waals surface area contributed by atoms with Crippen molar-refractivity contribution in [2.24, 2.45) is 7.05 Å². The summed E-state index contributed by atoms with van der Waals surface area (Å²) < 4.78 is 1.49. The molecule has 0 radical (unpaired) electrons. The number of carbonyl (C=O) groups is 2. The van der Waals surface area contributed by atoms with Crippen LogP contribution in [0.1, 0.15) is 17.2 Å². The maximum Gasteiger partial charge on any atom is 0.331 e. The Hall–Kier alpha value is -2.70. The first-order valence-electron chi connectivity index (χ1n) is 5.96. The number of hydrogen-bond acceptors (Lipinski definition) is 4. The Balaban J connectivity index is 2.05. The highest BCUT2D eigenvalue weighted by Crippen LogP contribution is 2.12. The number of hydrogen-bond donors (Lipinski definition) is 2. The van der Waals surface area contributed by atoms with E-state index in [0.29, 0.717) is 5.56 Å². The maximum absolute atomic E-state index is 11.9. The summed E-state index contributed by atoms with van der Waals surface area (Å²) in [5.41, 5.74) is 1.20. The molecule has 0 saturated heterocycles. The molecule has 2 heterocycles. The number of carboxylic acids is 1. The zero-order valence-corrected chi connectivity index (χ0v) is 10.9. The molecule has 7 nitrogen and oxygen atoms in total. The molecule has 0 aliphatic heterocycles. The number of aliphatic carboxylic acids is 1. The summed E-state index contributed by atoms with van der Waals surface area (Å²) in [6, 6.07) is 2.32. The van der Waals surface area contributed by atoms with Gasteiger partial charge < -0.3 is 10.4 Å². The van der Waals surface area contributed by atoms with Crippen LogP contribution in [-0.2, 0) is 23.1 Å². The first-order valence-corrected chi connectivity index (χ1v) is 5.96. The highest BCUT2D eigenvalue weighted by Gasteiger charge is 2.23. The lowest BCUT2D eigenvalue weighted by molar-refractivity contribution is -0.141. The summed E-state index contributed by atoms with van der Waals surface area (Å²) in [5.74, 6) is -1.49. The topological polar surface area (TPSA) is 97.1 Å². The molecule has 0 spiro atoms. The molecule has 2 aromatic heterocycles. The first kappa shape index (κ1) is 13.7. The van der Waals surface area contributed by atoms with Crippen molar-refractivity contribution in [2.75, 3.05) is 0 Å². The van der Waals surface area contributed by atoms with E-state index in [-0.39, 0.29) is 12.3 Å². The summed E-state index contributed by atoms with van der Waals surface area (Å²) in [6.07, 6.45) is 6.25. The van der Waals surface area contributed by atoms with E-state index in [1.807, 2.05) is 0 Å². The van der Waals surface area contributed by atoms with Crippen LogP contribution in [0.4, 0.5) is 0 Å². The van der Waals surface area contributed by atoms with Crippen molar-refractivity contribution in [2.45, 2.75) is 12.5 Å². The van der Waals surface area contributed by atoms with Gasteiger partial charge in [0.2, 0.25) is 5.91 Å². The van der Waals surface area contributed by atoms with Crippen LogP contribution >= 0.6 is 0 Å². The highest BCUT2D eigenvalue weighted by molar-refractivity contribution is 5.85. The quantitative estimate of drug-likeness (QED) is 0.817. The summed E-state index contributed by atoms with van der Waals surface area (Å²) in [6.45, 7) is 0. The molecule has 0 aromatic carbocycles. The van der Waals surface area contributed by atoms with Crippen molar-refractivity contribution in [3.8, 4) is 0 Å². The van der Waals surface area contributed by atoms with Gasteiger partial charge in [0.25, 0.3) is 0 Å². The molecule has 2 N–H and O–H groups in total. The summed E-state index contributed by atoms with van der Waals surface area (Å²) >= 11 is 0.